The molecule has 0 aliphatic carbocycles. The highest BCUT2D eigenvalue weighted by Crippen LogP contribution is 2.22. The van der Waals surface area contributed by atoms with E-state index in [1.165, 1.54) is 7.11 Å². The Morgan fingerprint density at radius 2 is 2.22 bits per heavy atom. The molecule has 1 aromatic carbocycles. The van der Waals surface area contributed by atoms with Crippen molar-refractivity contribution in [1.82, 2.24) is 0 Å². The SMILES string of the molecule is COC(=O)CCCOc1ccc(C(N)=S)c(Cl)c1. The van der Waals surface area contributed by atoms with Gasteiger partial charge in [0.05, 0.1) is 18.7 Å². The van der Waals surface area contributed by atoms with Crippen LogP contribution in [0.1, 0.15) is 18.4 Å². The Morgan fingerprint density at radius 3 is 2.78 bits per heavy atom. The fourth-order valence-corrected chi connectivity index (χ4v) is 1.80. The van der Waals surface area contributed by atoms with E-state index in [1.54, 1.807) is 18.2 Å². The van der Waals surface area contributed by atoms with E-state index in [-0.39, 0.29) is 11.0 Å². The number of ether oxygens (including phenoxy) is 2. The topological polar surface area (TPSA) is 61.5 Å². The van der Waals surface area contributed by atoms with Gasteiger partial charge in [0.2, 0.25) is 0 Å². The van der Waals surface area contributed by atoms with E-state index in [0.29, 0.717) is 35.8 Å². The minimum Gasteiger partial charge on any atom is -0.494 e. The van der Waals surface area contributed by atoms with Crippen LogP contribution >= 0.6 is 23.8 Å². The summed E-state index contributed by atoms with van der Waals surface area (Å²) in [7, 11) is 1.36. The summed E-state index contributed by atoms with van der Waals surface area (Å²) in [6.07, 6.45) is 0.913. The normalized spacial score (nSPS) is 9.89. The summed E-state index contributed by atoms with van der Waals surface area (Å²) >= 11 is 10.8. The molecule has 0 amide bonds. The number of esters is 1. The number of halogens is 1. The summed E-state index contributed by atoms with van der Waals surface area (Å²) < 4.78 is 9.96. The van der Waals surface area contributed by atoms with Gasteiger partial charge in [0.15, 0.2) is 0 Å². The summed E-state index contributed by atoms with van der Waals surface area (Å²) in [5.74, 6) is 0.366. The lowest BCUT2D eigenvalue weighted by molar-refractivity contribution is -0.140. The number of nitrogens with two attached hydrogens (primary N) is 1. The van der Waals surface area contributed by atoms with Crippen molar-refractivity contribution in [2.24, 2.45) is 5.73 Å². The molecule has 2 N–H and O–H groups in total. The molecule has 6 heteroatoms. The zero-order valence-electron chi connectivity index (χ0n) is 9.94. The van der Waals surface area contributed by atoms with Crippen LogP contribution in [0.5, 0.6) is 5.75 Å². The Bertz CT molecular complexity index is 451. The van der Waals surface area contributed by atoms with E-state index in [4.69, 9.17) is 34.3 Å². The Kier molecular flexibility index (Phi) is 5.88. The number of hydrogen-bond donors (Lipinski definition) is 1. The van der Waals surface area contributed by atoms with E-state index in [1.807, 2.05) is 0 Å². The van der Waals surface area contributed by atoms with Gasteiger partial charge in [-0.2, -0.15) is 0 Å². The van der Waals surface area contributed by atoms with E-state index >= 15 is 0 Å². The van der Waals surface area contributed by atoms with Crippen molar-refractivity contribution in [2.75, 3.05) is 13.7 Å². The third-order valence-electron chi connectivity index (χ3n) is 2.23. The molecule has 0 fully saturated rings. The molecular weight excluding hydrogens is 274 g/mol. The molecule has 1 rings (SSSR count). The van der Waals surface area contributed by atoms with Crippen LogP contribution in [0.2, 0.25) is 5.02 Å². The zero-order chi connectivity index (χ0) is 13.5. The average molecular weight is 288 g/mol. The molecule has 4 nitrogen and oxygen atoms in total. The number of benzene rings is 1. The van der Waals surface area contributed by atoms with E-state index < -0.39 is 0 Å². The predicted molar refractivity (Wildman–Crippen MR) is 74.1 cm³/mol. The maximum Gasteiger partial charge on any atom is 0.305 e. The van der Waals surface area contributed by atoms with Gasteiger partial charge in [0, 0.05) is 12.0 Å². The number of rotatable bonds is 6. The number of thiocarbonyl (C=S) groups is 1. The van der Waals surface area contributed by atoms with E-state index in [2.05, 4.69) is 4.74 Å². The van der Waals surface area contributed by atoms with Crippen molar-refractivity contribution in [3.8, 4) is 5.75 Å². The van der Waals surface area contributed by atoms with Crippen molar-refractivity contribution >= 4 is 34.8 Å². The molecule has 0 aliphatic heterocycles. The summed E-state index contributed by atoms with van der Waals surface area (Å²) in [6, 6.07) is 5.09. The lowest BCUT2D eigenvalue weighted by Crippen LogP contribution is -2.10. The third kappa shape index (κ3) is 4.50. The van der Waals surface area contributed by atoms with Gasteiger partial charge in [0.25, 0.3) is 0 Å². The van der Waals surface area contributed by atoms with Gasteiger partial charge in [-0.05, 0) is 24.6 Å². The highest BCUT2D eigenvalue weighted by molar-refractivity contribution is 7.80. The lowest BCUT2D eigenvalue weighted by atomic mass is 10.2. The van der Waals surface area contributed by atoms with Gasteiger partial charge in [0.1, 0.15) is 10.7 Å². The van der Waals surface area contributed by atoms with Crippen molar-refractivity contribution in [2.45, 2.75) is 12.8 Å². The second kappa shape index (κ2) is 7.18. The highest BCUT2D eigenvalue weighted by Gasteiger charge is 2.05. The van der Waals surface area contributed by atoms with Gasteiger partial charge < -0.3 is 15.2 Å². The fourth-order valence-electron chi connectivity index (χ4n) is 1.29. The summed E-state index contributed by atoms with van der Waals surface area (Å²) in [5, 5.41) is 0.452. The van der Waals surface area contributed by atoms with Crippen LogP contribution in [0.15, 0.2) is 18.2 Å². The summed E-state index contributed by atoms with van der Waals surface area (Å²) in [5.41, 5.74) is 6.11. The van der Waals surface area contributed by atoms with Crippen molar-refractivity contribution in [1.29, 1.82) is 0 Å². The van der Waals surface area contributed by atoms with Crippen LogP contribution in [0.25, 0.3) is 0 Å². The number of carbonyl (C=O) groups is 1. The maximum absolute atomic E-state index is 10.9. The molecule has 18 heavy (non-hydrogen) atoms. The molecule has 0 heterocycles. The molecule has 0 spiro atoms. The Labute approximate surface area is 116 Å². The minimum absolute atomic E-state index is 0.247. The number of methoxy groups -OCH3 is 1. The first kappa shape index (κ1) is 14.7. The van der Waals surface area contributed by atoms with Crippen LogP contribution in [0, 0.1) is 0 Å². The van der Waals surface area contributed by atoms with E-state index in [9.17, 15) is 4.79 Å². The quantitative estimate of drug-likeness (QED) is 0.494. The molecule has 0 unspecified atom stereocenters. The Balaban J connectivity index is 2.46. The molecule has 0 saturated heterocycles. The summed E-state index contributed by atoms with van der Waals surface area (Å²) in [4.78, 5) is 11.1. The van der Waals surface area contributed by atoms with Gasteiger partial charge >= 0.3 is 5.97 Å². The summed E-state index contributed by atoms with van der Waals surface area (Å²) in [6.45, 7) is 0.415. The van der Waals surface area contributed by atoms with Crippen LogP contribution in [-0.2, 0) is 9.53 Å². The van der Waals surface area contributed by atoms with Crippen LogP contribution in [0.4, 0.5) is 0 Å². The van der Waals surface area contributed by atoms with Crippen LogP contribution < -0.4 is 10.5 Å². The van der Waals surface area contributed by atoms with Crippen molar-refractivity contribution < 1.29 is 14.3 Å². The predicted octanol–water partition coefficient (Wildman–Crippen LogP) is 2.31. The Hall–Kier alpha value is -1.33. The first-order valence-electron chi connectivity index (χ1n) is 5.33. The second-order valence-electron chi connectivity index (χ2n) is 3.53. The number of hydrogen-bond acceptors (Lipinski definition) is 4. The van der Waals surface area contributed by atoms with Crippen molar-refractivity contribution in [3.05, 3.63) is 28.8 Å². The minimum atomic E-state index is -0.250. The third-order valence-corrected chi connectivity index (χ3v) is 2.76. The fraction of sp³-hybridized carbons (Fsp3) is 0.333. The first-order chi connectivity index (χ1) is 8.54. The molecule has 0 bridgehead atoms. The molecule has 0 aliphatic rings. The monoisotopic (exact) mass is 287 g/mol. The molecule has 98 valence electrons. The number of carbonyl (C=O) groups excluding carboxylic acids is 1. The standard InChI is InChI=1S/C12H14ClNO3S/c1-16-11(15)3-2-6-17-8-4-5-9(12(14)18)10(13)7-8/h4-5,7H,2-3,6H2,1H3,(H2,14,18). The Morgan fingerprint density at radius 1 is 1.50 bits per heavy atom. The first-order valence-corrected chi connectivity index (χ1v) is 6.12. The highest BCUT2D eigenvalue weighted by atomic mass is 35.5. The maximum atomic E-state index is 10.9. The molecule has 0 radical (unpaired) electrons. The molecule has 0 saturated carbocycles. The van der Waals surface area contributed by atoms with Gasteiger partial charge in [-0.25, -0.2) is 0 Å². The average Bonchev–Trinajstić information content (AvgIpc) is 2.34. The zero-order valence-corrected chi connectivity index (χ0v) is 11.5. The van der Waals surface area contributed by atoms with Gasteiger partial charge in [-0.1, -0.05) is 23.8 Å². The van der Waals surface area contributed by atoms with Crippen LogP contribution in [0.3, 0.4) is 0 Å². The largest absolute Gasteiger partial charge is 0.494 e. The molecule has 0 atom stereocenters. The van der Waals surface area contributed by atoms with Gasteiger partial charge in [-0.15, -0.1) is 0 Å². The van der Waals surface area contributed by atoms with Crippen LogP contribution in [-0.4, -0.2) is 24.7 Å². The molecule has 1 aromatic rings. The smallest absolute Gasteiger partial charge is 0.305 e. The molecule has 0 aromatic heterocycles. The van der Waals surface area contributed by atoms with Crippen molar-refractivity contribution in [3.63, 3.8) is 0 Å². The van der Waals surface area contributed by atoms with E-state index in [0.717, 1.165) is 0 Å². The second-order valence-corrected chi connectivity index (χ2v) is 4.38. The van der Waals surface area contributed by atoms with Gasteiger partial charge in [-0.3, -0.25) is 4.79 Å². The molecular formula is C12H14ClNO3S. The lowest BCUT2D eigenvalue weighted by Gasteiger charge is -2.08.